The molecule has 114 valence electrons. The SMILES string of the molecule is CC(=O)O[C@]1(C#N)C[C@H]2C=C(S(=O)(=O)c3ccccc3)[C@@H]1O2. The van der Waals surface area contributed by atoms with Crippen LogP contribution in [0.4, 0.5) is 0 Å². The summed E-state index contributed by atoms with van der Waals surface area (Å²) in [5.74, 6) is -0.644. The summed E-state index contributed by atoms with van der Waals surface area (Å²) in [6.45, 7) is 1.18. The fourth-order valence-corrected chi connectivity index (χ4v) is 4.50. The molecule has 2 heterocycles. The maximum absolute atomic E-state index is 12.7. The Balaban J connectivity index is 2.03. The zero-order valence-electron chi connectivity index (χ0n) is 11.7. The fraction of sp³-hybridized carbons (Fsp3) is 0.333. The standard InChI is InChI=1S/C15H13NO5S/c1-10(17)21-15(9-16)8-11-7-13(14(15)20-11)22(18,19)12-5-3-2-4-6-12/h2-7,11,14H,8H2,1H3/t11-,14+,15+/m1/s1. The van der Waals surface area contributed by atoms with Crippen LogP contribution in [0.2, 0.25) is 0 Å². The molecule has 6 nitrogen and oxygen atoms in total. The third-order valence-corrected chi connectivity index (χ3v) is 5.59. The van der Waals surface area contributed by atoms with Crippen molar-refractivity contribution in [3.63, 3.8) is 0 Å². The Hall–Kier alpha value is -2.17. The molecule has 0 radical (unpaired) electrons. The van der Waals surface area contributed by atoms with E-state index in [9.17, 15) is 18.5 Å². The van der Waals surface area contributed by atoms with Gasteiger partial charge in [-0.1, -0.05) is 18.2 Å². The Labute approximate surface area is 127 Å². The van der Waals surface area contributed by atoms with Gasteiger partial charge >= 0.3 is 5.97 Å². The highest BCUT2D eigenvalue weighted by Crippen LogP contribution is 2.46. The number of rotatable bonds is 3. The summed E-state index contributed by atoms with van der Waals surface area (Å²) < 4.78 is 36.1. The van der Waals surface area contributed by atoms with Crippen LogP contribution in [-0.4, -0.2) is 32.2 Å². The minimum atomic E-state index is -3.79. The van der Waals surface area contributed by atoms with Crippen molar-refractivity contribution in [2.75, 3.05) is 0 Å². The van der Waals surface area contributed by atoms with Crippen molar-refractivity contribution < 1.29 is 22.7 Å². The van der Waals surface area contributed by atoms with E-state index in [1.165, 1.54) is 25.1 Å². The minimum absolute atomic E-state index is 0.0160. The first-order valence-corrected chi connectivity index (χ1v) is 8.15. The average molecular weight is 319 g/mol. The molecule has 1 aromatic carbocycles. The van der Waals surface area contributed by atoms with Gasteiger partial charge in [0.25, 0.3) is 0 Å². The van der Waals surface area contributed by atoms with Crippen molar-refractivity contribution in [1.29, 1.82) is 5.26 Å². The van der Waals surface area contributed by atoms with Crippen LogP contribution in [0.25, 0.3) is 0 Å². The molecule has 3 atom stereocenters. The van der Waals surface area contributed by atoms with Gasteiger partial charge in [-0.2, -0.15) is 5.26 Å². The van der Waals surface area contributed by atoms with Crippen molar-refractivity contribution in [3.05, 3.63) is 41.3 Å². The van der Waals surface area contributed by atoms with Crippen LogP contribution < -0.4 is 0 Å². The first-order chi connectivity index (χ1) is 10.4. The molecule has 3 rings (SSSR count). The van der Waals surface area contributed by atoms with Gasteiger partial charge in [-0.3, -0.25) is 4.79 Å². The second-order valence-electron chi connectivity index (χ2n) is 5.24. The van der Waals surface area contributed by atoms with Gasteiger partial charge in [0, 0.05) is 13.3 Å². The Morgan fingerprint density at radius 2 is 2.09 bits per heavy atom. The topological polar surface area (TPSA) is 93.5 Å². The van der Waals surface area contributed by atoms with Gasteiger partial charge in [0.2, 0.25) is 15.4 Å². The minimum Gasteiger partial charge on any atom is -0.440 e. The number of carbonyl (C=O) groups is 1. The number of nitriles is 1. The van der Waals surface area contributed by atoms with Gasteiger partial charge in [-0.05, 0) is 18.2 Å². The molecule has 2 aliphatic heterocycles. The first-order valence-electron chi connectivity index (χ1n) is 6.67. The maximum atomic E-state index is 12.7. The maximum Gasteiger partial charge on any atom is 0.304 e. The molecule has 0 saturated carbocycles. The van der Waals surface area contributed by atoms with E-state index in [1.807, 2.05) is 6.07 Å². The van der Waals surface area contributed by atoms with Crippen LogP contribution >= 0.6 is 0 Å². The number of hydrogen-bond donors (Lipinski definition) is 0. The molecule has 0 amide bonds. The second kappa shape index (κ2) is 4.93. The molecule has 0 spiro atoms. The molecule has 2 bridgehead atoms. The van der Waals surface area contributed by atoms with Gasteiger partial charge in [0.15, 0.2) is 0 Å². The summed E-state index contributed by atoms with van der Waals surface area (Å²) in [5, 5.41) is 9.41. The molecule has 0 unspecified atom stereocenters. The van der Waals surface area contributed by atoms with E-state index >= 15 is 0 Å². The lowest BCUT2D eigenvalue weighted by atomic mass is 9.90. The predicted octanol–water partition coefficient (Wildman–Crippen LogP) is 1.34. The van der Waals surface area contributed by atoms with Crippen LogP contribution in [0.15, 0.2) is 46.2 Å². The van der Waals surface area contributed by atoms with Crippen LogP contribution in [0.1, 0.15) is 13.3 Å². The molecule has 1 fully saturated rings. The van der Waals surface area contributed by atoms with Crippen molar-refractivity contribution in [2.45, 2.75) is 36.0 Å². The van der Waals surface area contributed by atoms with E-state index in [1.54, 1.807) is 18.2 Å². The fourth-order valence-electron chi connectivity index (χ4n) is 2.85. The molecule has 0 N–H and O–H groups in total. The van der Waals surface area contributed by atoms with Gasteiger partial charge in [0.1, 0.15) is 12.2 Å². The third-order valence-electron chi connectivity index (χ3n) is 3.73. The third kappa shape index (κ3) is 2.12. The van der Waals surface area contributed by atoms with E-state index in [2.05, 4.69) is 0 Å². The van der Waals surface area contributed by atoms with Gasteiger partial charge in [-0.15, -0.1) is 0 Å². The number of ether oxygens (including phenoxy) is 2. The lowest BCUT2D eigenvalue weighted by Crippen LogP contribution is -2.44. The molecule has 0 aromatic heterocycles. The molecule has 1 saturated heterocycles. The van der Waals surface area contributed by atoms with Gasteiger partial charge in [0.05, 0.1) is 15.9 Å². The van der Waals surface area contributed by atoms with Crippen LogP contribution in [-0.2, 0) is 24.1 Å². The Morgan fingerprint density at radius 1 is 1.41 bits per heavy atom. The Bertz CT molecular complexity index is 793. The molecule has 7 heteroatoms. The summed E-state index contributed by atoms with van der Waals surface area (Å²) in [4.78, 5) is 11.4. The number of esters is 1. The summed E-state index contributed by atoms with van der Waals surface area (Å²) in [7, 11) is -3.79. The van der Waals surface area contributed by atoms with Crippen LogP contribution in [0.5, 0.6) is 0 Å². The highest BCUT2D eigenvalue weighted by molar-refractivity contribution is 7.95. The number of fused-ring (bicyclic) bond motifs is 2. The smallest absolute Gasteiger partial charge is 0.304 e. The molecule has 0 aliphatic carbocycles. The number of sulfone groups is 1. The summed E-state index contributed by atoms with van der Waals surface area (Å²) in [6, 6.07) is 9.81. The summed E-state index contributed by atoms with van der Waals surface area (Å²) in [5.41, 5.74) is -1.58. The predicted molar refractivity (Wildman–Crippen MR) is 75.1 cm³/mol. The lowest BCUT2D eigenvalue weighted by molar-refractivity contribution is -0.154. The van der Waals surface area contributed by atoms with Gasteiger partial charge in [-0.25, -0.2) is 8.42 Å². The number of benzene rings is 1. The lowest BCUT2D eigenvalue weighted by Gasteiger charge is -2.28. The molecule has 2 aliphatic rings. The normalized spacial score (nSPS) is 29.7. The zero-order valence-corrected chi connectivity index (χ0v) is 12.5. The second-order valence-corrected chi connectivity index (χ2v) is 7.19. The van der Waals surface area contributed by atoms with E-state index in [-0.39, 0.29) is 16.2 Å². The molecular formula is C15H13NO5S. The Kier molecular flexibility index (Phi) is 3.31. The molecular weight excluding hydrogens is 306 g/mol. The van der Waals surface area contributed by atoms with Crippen molar-refractivity contribution >= 4 is 15.8 Å². The Morgan fingerprint density at radius 3 is 2.64 bits per heavy atom. The summed E-state index contributed by atoms with van der Waals surface area (Å²) >= 11 is 0. The largest absolute Gasteiger partial charge is 0.440 e. The first kappa shape index (κ1) is 14.8. The average Bonchev–Trinajstić information content (AvgIpc) is 3.06. The van der Waals surface area contributed by atoms with E-state index in [0.29, 0.717) is 0 Å². The van der Waals surface area contributed by atoms with E-state index in [0.717, 1.165) is 0 Å². The van der Waals surface area contributed by atoms with E-state index in [4.69, 9.17) is 9.47 Å². The molecule has 1 aromatic rings. The summed E-state index contributed by atoms with van der Waals surface area (Å²) in [6.07, 6.45) is 0.00211. The van der Waals surface area contributed by atoms with Gasteiger partial charge < -0.3 is 9.47 Å². The van der Waals surface area contributed by atoms with Crippen molar-refractivity contribution in [1.82, 2.24) is 0 Å². The number of hydrogen-bond acceptors (Lipinski definition) is 6. The van der Waals surface area contributed by atoms with Crippen molar-refractivity contribution in [3.8, 4) is 6.07 Å². The zero-order chi connectivity index (χ0) is 16.0. The van der Waals surface area contributed by atoms with Crippen LogP contribution in [0, 0.1) is 11.3 Å². The highest BCUT2D eigenvalue weighted by Gasteiger charge is 2.59. The van der Waals surface area contributed by atoms with E-state index < -0.39 is 33.6 Å². The van der Waals surface area contributed by atoms with Crippen molar-refractivity contribution in [2.24, 2.45) is 0 Å². The molecule has 22 heavy (non-hydrogen) atoms. The number of carbonyl (C=O) groups excluding carboxylic acids is 1. The number of nitrogens with zero attached hydrogens (tertiary/aromatic N) is 1. The monoisotopic (exact) mass is 319 g/mol. The highest BCUT2D eigenvalue weighted by atomic mass is 32.2. The quantitative estimate of drug-likeness (QED) is 0.781. The van der Waals surface area contributed by atoms with Crippen LogP contribution in [0.3, 0.4) is 0 Å².